The predicted octanol–water partition coefficient (Wildman–Crippen LogP) is 13.3. The highest BCUT2D eigenvalue weighted by Gasteiger charge is 2.39. The SMILES string of the molecule is CCCCCCCCCCCOC(=O)CCCCCCCOC(=O)[C@@H]1C[C@H](OC(O)CCN(C)C)CN1CCCCCCC(C)(C)C(=O)OC(CCCCCC)CCCCCCCC. The fraction of sp³-hybridized carbons (Fsp3) is 0.944. The van der Waals surface area contributed by atoms with Crippen molar-refractivity contribution in [3.05, 3.63) is 0 Å². The molecule has 1 rings (SSSR count). The van der Waals surface area contributed by atoms with Crippen molar-refractivity contribution in [2.24, 2.45) is 5.41 Å². The maximum absolute atomic E-state index is 13.4. The normalized spacial score (nSPS) is 16.6. The molecular weight excluding hydrogens is 805 g/mol. The van der Waals surface area contributed by atoms with Crippen LogP contribution in [0, 0.1) is 5.41 Å². The molecule has 1 aliphatic heterocycles. The van der Waals surface area contributed by atoms with Gasteiger partial charge in [-0.1, -0.05) is 162 Å². The number of unbranched alkanes of at least 4 members (excludes halogenated alkanes) is 23. The quantitative estimate of drug-likeness (QED) is 0.0274. The summed E-state index contributed by atoms with van der Waals surface area (Å²) >= 11 is 0. The molecule has 2 unspecified atom stereocenters. The van der Waals surface area contributed by atoms with Crippen LogP contribution in [0.15, 0.2) is 0 Å². The van der Waals surface area contributed by atoms with Crippen LogP contribution in [-0.2, 0) is 33.3 Å². The second kappa shape index (κ2) is 40.3. The van der Waals surface area contributed by atoms with Crippen LogP contribution in [0.25, 0.3) is 0 Å². The van der Waals surface area contributed by atoms with Gasteiger partial charge in [-0.3, -0.25) is 19.3 Å². The summed E-state index contributed by atoms with van der Waals surface area (Å²) in [6.45, 7) is 13.8. The van der Waals surface area contributed by atoms with Gasteiger partial charge in [0.05, 0.1) is 24.7 Å². The Bertz CT molecular complexity index is 1120. The Morgan fingerprint density at radius 3 is 1.69 bits per heavy atom. The standard InChI is InChI=1S/C54H104N2O8/c1-8-11-14-17-19-20-21-27-34-43-61-50(57)38-31-24-22-28-35-44-62-52(59)49-45-48(63-51(58)39-42-55(6)7)46-56(49)41-33-26-25-32-40-54(4,5)53(60)64-47(36-29-16-13-10-3)37-30-23-18-15-12-9-2/h47-49,51,58H,8-46H2,1-7H3/t47?,48-,49-,51?/m0/s1. The van der Waals surface area contributed by atoms with E-state index in [9.17, 15) is 19.5 Å². The highest BCUT2D eigenvalue weighted by Crippen LogP contribution is 2.29. The number of aliphatic hydroxyl groups excluding tert-OH is 1. The largest absolute Gasteiger partial charge is 0.466 e. The number of hydrogen-bond donors (Lipinski definition) is 1. The molecule has 0 saturated carbocycles. The first-order chi connectivity index (χ1) is 30.9. The van der Waals surface area contributed by atoms with Crippen molar-refractivity contribution in [1.82, 2.24) is 9.80 Å². The minimum absolute atomic E-state index is 0.0319. The fourth-order valence-corrected chi connectivity index (χ4v) is 8.81. The third-order valence-corrected chi connectivity index (χ3v) is 13.2. The van der Waals surface area contributed by atoms with E-state index in [-0.39, 0.29) is 36.2 Å². The lowest BCUT2D eigenvalue weighted by atomic mass is 9.86. The molecule has 0 aromatic heterocycles. The number of aliphatic hydroxyl groups is 1. The van der Waals surface area contributed by atoms with E-state index in [4.69, 9.17) is 18.9 Å². The maximum atomic E-state index is 13.4. The van der Waals surface area contributed by atoms with Crippen LogP contribution in [0.1, 0.15) is 253 Å². The molecule has 0 amide bonds. The molecule has 1 fully saturated rings. The van der Waals surface area contributed by atoms with Gasteiger partial charge in [0.25, 0.3) is 0 Å². The molecule has 4 atom stereocenters. The van der Waals surface area contributed by atoms with E-state index in [1.165, 1.54) is 96.3 Å². The Morgan fingerprint density at radius 2 is 1.11 bits per heavy atom. The Labute approximate surface area is 394 Å². The van der Waals surface area contributed by atoms with Gasteiger partial charge >= 0.3 is 17.9 Å². The predicted molar refractivity (Wildman–Crippen MR) is 264 cm³/mol. The van der Waals surface area contributed by atoms with Crippen molar-refractivity contribution in [1.29, 1.82) is 0 Å². The first-order valence-electron chi connectivity index (χ1n) is 27.2. The molecule has 0 bridgehead atoms. The van der Waals surface area contributed by atoms with Crippen molar-refractivity contribution in [2.75, 3.05) is 46.9 Å². The third kappa shape index (κ3) is 32.8. The summed E-state index contributed by atoms with van der Waals surface area (Å²) in [6.07, 6.45) is 35.2. The molecule has 10 nitrogen and oxygen atoms in total. The number of likely N-dealkylation sites (tertiary alicyclic amines) is 1. The van der Waals surface area contributed by atoms with Gasteiger partial charge in [-0.15, -0.1) is 0 Å². The first kappa shape index (κ1) is 60.3. The molecule has 1 saturated heterocycles. The zero-order chi connectivity index (χ0) is 47.1. The van der Waals surface area contributed by atoms with Crippen LogP contribution < -0.4 is 0 Å². The van der Waals surface area contributed by atoms with E-state index in [0.717, 1.165) is 116 Å². The average molecular weight is 909 g/mol. The van der Waals surface area contributed by atoms with Gasteiger partial charge in [0.15, 0.2) is 6.29 Å². The summed E-state index contributed by atoms with van der Waals surface area (Å²) in [5, 5.41) is 10.6. The Balaban J connectivity index is 2.45. The Morgan fingerprint density at radius 1 is 0.625 bits per heavy atom. The molecule has 0 radical (unpaired) electrons. The number of carbonyl (C=O) groups is 3. The van der Waals surface area contributed by atoms with Crippen LogP contribution >= 0.6 is 0 Å². The molecule has 0 aromatic rings. The van der Waals surface area contributed by atoms with Crippen LogP contribution in [0.3, 0.4) is 0 Å². The molecule has 64 heavy (non-hydrogen) atoms. The number of esters is 3. The van der Waals surface area contributed by atoms with Crippen molar-refractivity contribution in [3.8, 4) is 0 Å². The number of carbonyl (C=O) groups excluding carboxylic acids is 3. The second-order valence-electron chi connectivity index (χ2n) is 20.3. The van der Waals surface area contributed by atoms with E-state index >= 15 is 0 Å². The van der Waals surface area contributed by atoms with Crippen molar-refractivity contribution in [2.45, 2.75) is 277 Å². The zero-order valence-corrected chi connectivity index (χ0v) is 43.1. The van der Waals surface area contributed by atoms with Gasteiger partial charge in [0.1, 0.15) is 12.1 Å². The average Bonchev–Trinajstić information content (AvgIpc) is 3.67. The summed E-state index contributed by atoms with van der Waals surface area (Å²) < 4.78 is 23.5. The number of nitrogens with zero attached hydrogens (tertiary/aromatic N) is 2. The van der Waals surface area contributed by atoms with Gasteiger partial charge in [0.2, 0.25) is 0 Å². The van der Waals surface area contributed by atoms with Crippen LogP contribution in [-0.4, -0.2) is 104 Å². The fourth-order valence-electron chi connectivity index (χ4n) is 8.81. The smallest absolute Gasteiger partial charge is 0.323 e. The number of hydrogen-bond acceptors (Lipinski definition) is 10. The van der Waals surface area contributed by atoms with Crippen molar-refractivity contribution >= 4 is 17.9 Å². The lowest BCUT2D eigenvalue weighted by Crippen LogP contribution is -2.38. The van der Waals surface area contributed by atoms with E-state index in [0.29, 0.717) is 39.0 Å². The molecule has 0 spiro atoms. The van der Waals surface area contributed by atoms with E-state index in [2.05, 4.69) is 25.7 Å². The third-order valence-electron chi connectivity index (χ3n) is 13.2. The van der Waals surface area contributed by atoms with Gasteiger partial charge in [-0.2, -0.15) is 0 Å². The lowest BCUT2D eigenvalue weighted by Gasteiger charge is -2.27. The highest BCUT2D eigenvalue weighted by molar-refractivity contribution is 5.76. The van der Waals surface area contributed by atoms with Crippen molar-refractivity contribution < 1.29 is 38.4 Å². The van der Waals surface area contributed by atoms with Gasteiger partial charge in [-0.25, -0.2) is 0 Å². The lowest BCUT2D eigenvalue weighted by molar-refractivity contribution is -0.161. The zero-order valence-electron chi connectivity index (χ0n) is 43.1. The number of ether oxygens (including phenoxy) is 4. The summed E-state index contributed by atoms with van der Waals surface area (Å²) in [5.41, 5.74) is -0.509. The van der Waals surface area contributed by atoms with E-state index in [1.807, 2.05) is 32.8 Å². The van der Waals surface area contributed by atoms with E-state index < -0.39 is 11.7 Å². The molecule has 1 aliphatic rings. The topological polar surface area (TPSA) is 115 Å². The molecule has 1 N–H and O–H groups in total. The first-order valence-corrected chi connectivity index (χ1v) is 27.2. The molecular formula is C54H104N2O8. The van der Waals surface area contributed by atoms with Gasteiger partial charge in [0, 0.05) is 32.4 Å². The molecule has 1 heterocycles. The van der Waals surface area contributed by atoms with Gasteiger partial charge < -0.3 is 29.0 Å². The van der Waals surface area contributed by atoms with E-state index in [1.54, 1.807) is 0 Å². The van der Waals surface area contributed by atoms with Gasteiger partial charge in [-0.05, 0) is 92.3 Å². The maximum Gasteiger partial charge on any atom is 0.323 e. The molecule has 378 valence electrons. The summed E-state index contributed by atoms with van der Waals surface area (Å²) in [5.74, 6) is -0.338. The summed E-state index contributed by atoms with van der Waals surface area (Å²) in [4.78, 5) is 43.2. The monoisotopic (exact) mass is 909 g/mol. The molecule has 10 heteroatoms. The minimum atomic E-state index is -0.868. The number of rotatable bonds is 45. The Kier molecular flexibility index (Phi) is 38.0. The summed E-state index contributed by atoms with van der Waals surface area (Å²) in [7, 11) is 3.95. The Hall–Kier alpha value is -1.75. The van der Waals surface area contributed by atoms with Crippen LogP contribution in [0.2, 0.25) is 0 Å². The second-order valence-corrected chi connectivity index (χ2v) is 20.3. The van der Waals surface area contributed by atoms with Crippen LogP contribution in [0.4, 0.5) is 0 Å². The minimum Gasteiger partial charge on any atom is -0.466 e. The van der Waals surface area contributed by atoms with Crippen molar-refractivity contribution in [3.63, 3.8) is 0 Å². The molecule has 0 aliphatic carbocycles. The highest BCUT2D eigenvalue weighted by atomic mass is 16.6. The molecule has 0 aromatic carbocycles. The summed E-state index contributed by atoms with van der Waals surface area (Å²) in [6, 6.07) is -0.382. The van der Waals surface area contributed by atoms with Crippen LogP contribution in [0.5, 0.6) is 0 Å².